The minimum absolute atomic E-state index is 0.278. The normalized spacial score (nSPS) is 13.8. The number of carbonyl (C=O) groups is 1. The average molecular weight is 403 g/mol. The Balaban J connectivity index is 1.64. The van der Waals surface area contributed by atoms with Crippen LogP contribution in [0.15, 0.2) is 57.9 Å². The van der Waals surface area contributed by atoms with Gasteiger partial charge in [0.2, 0.25) is 0 Å². The van der Waals surface area contributed by atoms with Crippen LogP contribution in [0.5, 0.6) is 0 Å². The highest BCUT2D eigenvalue weighted by Crippen LogP contribution is 2.33. The molecule has 7 heteroatoms. The Kier molecular flexibility index (Phi) is 5.24. The van der Waals surface area contributed by atoms with Crippen molar-refractivity contribution in [3.63, 3.8) is 0 Å². The summed E-state index contributed by atoms with van der Waals surface area (Å²) in [5.41, 5.74) is 2.23. The molecule has 0 bridgehead atoms. The van der Waals surface area contributed by atoms with Crippen LogP contribution in [0.2, 0.25) is 5.02 Å². The monoisotopic (exact) mass is 402 g/mol. The van der Waals surface area contributed by atoms with Gasteiger partial charge in [0.1, 0.15) is 9.96 Å². The summed E-state index contributed by atoms with van der Waals surface area (Å²) < 4.78 is 6.94. The Labute approximate surface area is 164 Å². The highest BCUT2D eigenvalue weighted by molar-refractivity contribution is 8.38. The third-order valence-corrected chi connectivity index (χ3v) is 6.40. The van der Waals surface area contributed by atoms with Gasteiger partial charge in [-0.3, -0.25) is 9.79 Å². The predicted octanol–water partition coefficient (Wildman–Crippen LogP) is 5.67. The average Bonchev–Trinajstić information content (AvgIpc) is 3.27. The van der Waals surface area contributed by atoms with Crippen LogP contribution in [-0.2, 0) is 5.75 Å². The van der Waals surface area contributed by atoms with Crippen LogP contribution >= 0.6 is 35.1 Å². The molecule has 4 nitrogen and oxygen atoms in total. The molecule has 4 rings (SSSR count). The van der Waals surface area contributed by atoms with Gasteiger partial charge >= 0.3 is 0 Å². The Bertz CT molecular complexity index is 1000. The number of halogens is 1. The summed E-state index contributed by atoms with van der Waals surface area (Å²) in [5, 5.41) is 4.39. The predicted molar refractivity (Wildman–Crippen MR) is 112 cm³/mol. The van der Waals surface area contributed by atoms with E-state index in [1.54, 1.807) is 47.8 Å². The van der Waals surface area contributed by atoms with Crippen molar-refractivity contribution in [2.45, 2.75) is 5.75 Å². The second kappa shape index (κ2) is 7.78. The van der Waals surface area contributed by atoms with E-state index in [1.165, 1.54) is 0 Å². The summed E-state index contributed by atoms with van der Waals surface area (Å²) in [6.07, 6.45) is 0. The van der Waals surface area contributed by atoms with Crippen LogP contribution in [0.25, 0.3) is 11.0 Å². The summed E-state index contributed by atoms with van der Waals surface area (Å²) in [4.78, 5) is 17.3. The lowest BCUT2D eigenvalue weighted by molar-refractivity contribution is 0.0998. The molecular formula is C19H15ClN2O2S2. The van der Waals surface area contributed by atoms with Crippen molar-refractivity contribution < 1.29 is 9.21 Å². The third-order valence-electron chi connectivity index (χ3n) is 3.88. The van der Waals surface area contributed by atoms with Gasteiger partial charge in [0.15, 0.2) is 5.76 Å². The lowest BCUT2D eigenvalue weighted by Crippen LogP contribution is -2.12. The Morgan fingerprint density at radius 2 is 2.15 bits per heavy atom. The van der Waals surface area contributed by atoms with Gasteiger partial charge in [0.05, 0.1) is 6.54 Å². The van der Waals surface area contributed by atoms with Crippen LogP contribution in [0, 0.1) is 0 Å². The molecule has 0 atom stereocenters. The molecule has 0 aliphatic carbocycles. The summed E-state index contributed by atoms with van der Waals surface area (Å²) >= 11 is 9.40. The van der Waals surface area contributed by atoms with E-state index < -0.39 is 0 Å². The Morgan fingerprint density at radius 1 is 1.27 bits per heavy atom. The van der Waals surface area contributed by atoms with Crippen LogP contribution in [0.3, 0.4) is 0 Å². The molecule has 0 saturated heterocycles. The van der Waals surface area contributed by atoms with E-state index in [-0.39, 0.29) is 5.91 Å². The SMILES string of the molecule is O=C(Nc1cccc(Cl)c1)c1oc2ccccc2c1CSC1=NCCS1. The van der Waals surface area contributed by atoms with Gasteiger partial charge in [-0.05, 0) is 24.3 Å². The molecule has 2 aromatic carbocycles. The molecule has 1 amide bonds. The molecule has 1 aliphatic rings. The first kappa shape index (κ1) is 17.5. The molecule has 0 fully saturated rings. The number of benzene rings is 2. The highest BCUT2D eigenvalue weighted by Gasteiger charge is 2.22. The van der Waals surface area contributed by atoms with Crippen molar-refractivity contribution in [2.24, 2.45) is 4.99 Å². The summed E-state index contributed by atoms with van der Waals surface area (Å²) in [7, 11) is 0. The van der Waals surface area contributed by atoms with Crippen molar-refractivity contribution in [3.8, 4) is 0 Å². The van der Waals surface area contributed by atoms with E-state index >= 15 is 0 Å². The number of nitrogens with one attached hydrogen (secondary N) is 1. The molecule has 1 aliphatic heterocycles. The first-order valence-corrected chi connectivity index (χ1v) is 10.4. The molecule has 1 N–H and O–H groups in total. The number of carbonyl (C=O) groups excluding carboxylic acids is 1. The first-order chi connectivity index (χ1) is 12.7. The molecule has 0 saturated carbocycles. The molecule has 1 aromatic heterocycles. The van der Waals surface area contributed by atoms with E-state index in [4.69, 9.17) is 16.0 Å². The minimum atomic E-state index is -0.278. The van der Waals surface area contributed by atoms with Gasteiger partial charge in [-0.25, -0.2) is 0 Å². The third kappa shape index (κ3) is 3.77. The number of hydrogen-bond acceptors (Lipinski definition) is 5. The number of aliphatic imine (C=N–C) groups is 1. The van der Waals surface area contributed by atoms with Crippen molar-refractivity contribution in [3.05, 3.63) is 64.9 Å². The fraction of sp³-hybridized carbons (Fsp3) is 0.158. The van der Waals surface area contributed by atoms with E-state index in [1.807, 2.05) is 24.3 Å². The molecule has 0 radical (unpaired) electrons. The van der Waals surface area contributed by atoms with Crippen molar-refractivity contribution in [2.75, 3.05) is 17.6 Å². The number of nitrogens with zero attached hydrogens (tertiary/aromatic N) is 1. The lowest BCUT2D eigenvalue weighted by Gasteiger charge is -2.06. The molecule has 2 heterocycles. The number of furan rings is 1. The maximum atomic E-state index is 12.8. The molecule has 3 aromatic rings. The number of amides is 1. The number of anilines is 1. The smallest absolute Gasteiger partial charge is 0.291 e. The minimum Gasteiger partial charge on any atom is -0.451 e. The fourth-order valence-corrected chi connectivity index (χ4v) is 4.94. The van der Waals surface area contributed by atoms with E-state index in [9.17, 15) is 4.79 Å². The maximum Gasteiger partial charge on any atom is 0.291 e. The summed E-state index contributed by atoms with van der Waals surface area (Å²) in [5.74, 6) is 1.72. The maximum absolute atomic E-state index is 12.8. The number of hydrogen-bond donors (Lipinski definition) is 1. The van der Waals surface area contributed by atoms with Crippen LogP contribution < -0.4 is 5.32 Å². The zero-order valence-corrected chi connectivity index (χ0v) is 16.1. The number of rotatable bonds is 4. The second-order valence-corrected chi connectivity index (χ2v) is 8.40. The Hall–Kier alpha value is -1.89. The number of fused-ring (bicyclic) bond motifs is 1. The number of para-hydroxylation sites is 1. The first-order valence-electron chi connectivity index (χ1n) is 8.08. The van der Waals surface area contributed by atoms with E-state index in [0.29, 0.717) is 27.8 Å². The van der Waals surface area contributed by atoms with Gasteiger partial charge in [-0.2, -0.15) is 0 Å². The molecule has 0 spiro atoms. The van der Waals surface area contributed by atoms with Crippen LogP contribution in [0.1, 0.15) is 16.1 Å². The van der Waals surface area contributed by atoms with Gasteiger partial charge in [-0.15, -0.1) is 0 Å². The largest absolute Gasteiger partial charge is 0.451 e. The second-order valence-electron chi connectivity index (χ2n) is 5.66. The van der Waals surface area contributed by atoms with E-state index in [2.05, 4.69) is 10.3 Å². The van der Waals surface area contributed by atoms with Crippen molar-refractivity contribution >= 4 is 62.1 Å². The quantitative estimate of drug-likeness (QED) is 0.610. The standard InChI is InChI=1S/C19H15ClN2O2S2/c20-12-4-3-5-13(10-12)22-18(23)17-15(11-26-19-21-8-9-25-19)14-6-1-2-7-16(14)24-17/h1-7,10H,8-9,11H2,(H,22,23). The van der Waals surface area contributed by atoms with E-state index in [0.717, 1.165) is 27.6 Å². The van der Waals surface area contributed by atoms with Crippen LogP contribution in [0.4, 0.5) is 5.69 Å². The lowest BCUT2D eigenvalue weighted by atomic mass is 10.1. The highest BCUT2D eigenvalue weighted by atomic mass is 35.5. The zero-order valence-electron chi connectivity index (χ0n) is 13.7. The number of thioether (sulfide) groups is 2. The molecule has 132 valence electrons. The zero-order chi connectivity index (χ0) is 17.9. The van der Waals surface area contributed by atoms with Gasteiger partial charge < -0.3 is 9.73 Å². The molecule has 0 unspecified atom stereocenters. The van der Waals surface area contributed by atoms with Gasteiger partial charge in [0, 0.05) is 33.2 Å². The summed E-state index contributed by atoms with van der Waals surface area (Å²) in [6.45, 7) is 0.862. The fourth-order valence-electron chi connectivity index (χ4n) is 2.72. The van der Waals surface area contributed by atoms with Crippen molar-refractivity contribution in [1.29, 1.82) is 0 Å². The molecular weight excluding hydrogens is 388 g/mol. The summed E-state index contributed by atoms with van der Waals surface area (Å²) in [6, 6.07) is 14.8. The van der Waals surface area contributed by atoms with Gasteiger partial charge in [0.25, 0.3) is 5.91 Å². The van der Waals surface area contributed by atoms with Gasteiger partial charge in [-0.1, -0.05) is 59.4 Å². The Morgan fingerprint density at radius 3 is 2.96 bits per heavy atom. The van der Waals surface area contributed by atoms with Crippen molar-refractivity contribution in [1.82, 2.24) is 0 Å². The van der Waals surface area contributed by atoms with Crippen LogP contribution in [-0.4, -0.2) is 22.6 Å². The topological polar surface area (TPSA) is 54.6 Å². The molecule has 26 heavy (non-hydrogen) atoms.